The normalized spacial score (nSPS) is 18.7. The molecule has 0 atom stereocenters. The SMILES string of the molecule is CC1(C)CN(c2ccnc(Cl)n2)c2cc3c(nc21)CCC3. The van der Waals surface area contributed by atoms with E-state index in [1.807, 2.05) is 6.07 Å². The zero-order valence-electron chi connectivity index (χ0n) is 12.2. The lowest BCUT2D eigenvalue weighted by molar-refractivity contribution is 0.550. The summed E-state index contributed by atoms with van der Waals surface area (Å²) in [6.45, 7) is 5.34. The molecule has 0 saturated heterocycles. The first-order chi connectivity index (χ1) is 10.0. The summed E-state index contributed by atoms with van der Waals surface area (Å²) in [6, 6.07) is 4.21. The van der Waals surface area contributed by atoms with Crippen LogP contribution in [0.5, 0.6) is 0 Å². The Bertz CT molecular complexity index is 726. The molecule has 2 aromatic heterocycles. The molecule has 0 unspecified atom stereocenters. The van der Waals surface area contributed by atoms with E-state index in [-0.39, 0.29) is 10.7 Å². The predicted molar refractivity (Wildman–Crippen MR) is 83.3 cm³/mol. The van der Waals surface area contributed by atoms with E-state index in [0.717, 1.165) is 25.2 Å². The average Bonchev–Trinajstić information content (AvgIpc) is 3.00. The summed E-state index contributed by atoms with van der Waals surface area (Å²) in [4.78, 5) is 15.5. The molecule has 4 rings (SSSR count). The largest absolute Gasteiger partial charge is 0.324 e. The molecule has 2 aromatic rings. The average molecular weight is 301 g/mol. The number of aryl methyl sites for hydroxylation is 2. The van der Waals surface area contributed by atoms with E-state index in [4.69, 9.17) is 16.6 Å². The minimum absolute atomic E-state index is 0.0182. The van der Waals surface area contributed by atoms with Crippen LogP contribution < -0.4 is 4.90 Å². The molecule has 0 spiro atoms. The second kappa shape index (κ2) is 4.41. The van der Waals surface area contributed by atoms with Crippen LogP contribution in [0.25, 0.3) is 0 Å². The minimum Gasteiger partial charge on any atom is -0.324 e. The highest BCUT2D eigenvalue weighted by molar-refractivity contribution is 6.28. The summed E-state index contributed by atoms with van der Waals surface area (Å²) in [6.07, 6.45) is 5.16. The molecule has 0 amide bonds. The third-order valence-electron chi connectivity index (χ3n) is 4.40. The standard InChI is InChI=1S/C16H17ClN4/c1-16(2)9-21(13-6-7-18-15(17)20-13)12-8-10-4-3-5-11(10)19-14(12)16/h6-8H,3-5,9H2,1-2H3. The molecule has 0 N–H and O–H groups in total. The highest BCUT2D eigenvalue weighted by Gasteiger charge is 2.39. The fourth-order valence-electron chi connectivity index (χ4n) is 3.40. The summed E-state index contributed by atoms with van der Waals surface area (Å²) in [5.74, 6) is 0.849. The second-order valence-electron chi connectivity index (χ2n) is 6.47. The van der Waals surface area contributed by atoms with Crippen LogP contribution in [0.15, 0.2) is 18.3 Å². The molecule has 21 heavy (non-hydrogen) atoms. The van der Waals surface area contributed by atoms with Gasteiger partial charge in [-0.1, -0.05) is 13.8 Å². The van der Waals surface area contributed by atoms with Gasteiger partial charge < -0.3 is 4.90 Å². The molecule has 3 heterocycles. The Kier molecular flexibility index (Phi) is 2.73. The number of anilines is 2. The van der Waals surface area contributed by atoms with Crippen LogP contribution in [-0.4, -0.2) is 21.5 Å². The third-order valence-corrected chi connectivity index (χ3v) is 4.59. The van der Waals surface area contributed by atoms with Crippen molar-refractivity contribution in [2.75, 3.05) is 11.4 Å². The van der Waals surface area contributed by atoms with Gasteiger partial charge in [0.25, 0.3) is 0 Å². The summed E-state index contributed by atoms with van der Waals surface area (Å²) < 4.78 is 0. The fourth-order valence-corrected chi connectivity index (χ4v) is 3.54. The minimum atomic E-state index is 0.0182. The molecule has 1 aliphatic heterocycles. The Labute approximate surface area is 129 Å². The van der Waals surface area contributed by atoms with E-state index in [1.165, 1.54) is 29.1 Å². The van der Waals surface area contributed by atoms with Gasteiger partial charge in [0.2, 0.25) is 5.28 Å². The predicted octanol–water partition coefficient (Wildman–Crippen LogP) is 3.44. The Balaban J connectivity index is 1.87. The zero-order valence-corrected chi connectivity index (χ0v) is 13.0. The maximum absolute atomic E-state index is 5.95. The first-order valence-electron chi connectivity index (χ1n) is 7.34. The number of hydrogen-bond donors (Lipinski definition) is 0. The maximum Gasteiger partial charge on any atom is 0.224 e. The van der Waals surface area contributed by atoms with Crippen LogP contribution in [0.2, 0.25) is 5.28 Å². The van der Waals surface area contributed by atoms with Crippen molar-refractivity contribution in [3.8, 4) is 0 Å². The van der Waals surface area contributed by atoms with Gasteiger partial charge in [0.05, 0.1) is 11.4 Å². The quantitative estimate of drug-likeness (QED) is 0.757. The van der Waals surface area contributed by atoms with E-state index in [1.54, 1.807) is 6.20 Å². The van der Waals surface area contributed by atoms with Crippen molar-refractivity contribution < 1.29 is 0 Å². The first-order valence-corrected chi connectivity index (χ1v) is 7.72. The number of fused-ring (bicyclic) bond motifs is 2. The van der Waals surface area contributed by atoms with E-state index in [0.29, 0.717) is 0 Å². The molecule has 0 fully saturated rings. The van der Waals surface area contributed by atoms with Crippen molar-refractivity contribution in [1.29, 1.82) is 0 Å². The van der Waals surface area contributed by atoms with Crippen molar-refractivity contribution in [2.24, 2.45) is 0 Å². The Morgan fingerprint density at radius 3 is 2.90 bits per heavy atom. The lowest BCUT2D eigenvalue weighted by Gasteiger charge is -2.20. The summed E-state index contributed by atoms with van der Waals surface area (Å²) in [5, 5.41) is 0.285. The van der Waals surface area contributed by atoms with Crippen LogP contribution in [0.3, 0.4) is 0 Å². The van der Waals surface area contributed by atoms with Gasteiger partial charge in [0.15, 0.2) is 0 Å². The van der Waals surface area contributed by atoms with E-state index in [2.05, 4.69) is 34.8 Å². The smallest absolute Gasteiger partial charge is 0.224 e. The molecular formula is C16H17ClN4. The van der Waals surface area contributed by atoms with Gasteiger partial charge in [-0.25, -0.2) is 9.97 Å². The van der Waals surface area contributed by atoms with Crippen LogP contribution in [0.1, 0.15) is 37.2 Å². The molecule has 1 aliphatic carbocycles. The third kappa shape index (κ3) is 2.01. The summed E-state index contributed by atoms with van der Waals surface area (Å²) >= 11 is 5.95. The molecular weight excluding hydrogens is 284 g/mol. The van der Waals surface area contributed by atoms with Crippen LogP contribution in [0.4, 0.5) is 11.5 Å². The molecule has 5 heteroatoms. The van der Waals surface area contributed by atoms with Gasteiger partial charge in [-0.05, 0) is 48.6 Å². The van der Waals surface area contributed by atoms with Gasteiger partial charge in [0, 0.05) is 23.9 Å². The number of hydrogen-bond acceptors (Lipinski definition) is 4. The molecule has 108 valence electrons. The van der Waals surface area contributed by atoms with Crippen molar-refractivity contribution in [3.05, 3.63) is 40.6 Å². The number of pyridine rings is 1. The van der Waals surface area contributed by atoms with Crippen LogP contribution in [-0.2, 0) is 18.3 Å². The Morgan fingerprint density at radius 2 is 2.10 bits per heavy atom. The van der Waals surface area contributed by atoms with Gasteiger partial charge in [0.1, 0.15) is 5.82 Å². The highest BCUT2D eigenvalue weighted by atomic mass is 35.5. The van der Waals surface area contributed by atoms with Gasteiger partial charge >= 0.3 is 0 Å². The van der Waals surface area contributed by atoms with Gasteiger partial charge in [-0.3, -0.25) is 4.98 Å². The van der Waals surface area contributed by atoms with Crippen molar-refractivity contribution in [1.82, 2.24) is 15.0 Å². The van der Waals surface area contributed by atoms with Gasteiger partial charge in [-0.15, -0.1) is 0 Å². The highest BCUT2D eigenvalue weighted by Crippen LogP contribution is 2.44. The topological polar surface area (TPSA) is 41.9 Å². The van der Waals surface area contributed by atoms with Crippen molar-refractivity contribution in [2.45, 2.75) is 38.5 Å². The molecule has 4 nitrogen and oxygen atoms in total. The fraction of sp³-hybridized carbons (Fsp3) is 0.438. The molecule has 2 aliphatic rings. The number of aromatic nitrogens is 3. The van der Waals surface area contributed by atoms with E-state index < -0.39 is 0 Å². The van der Waals surface area contributed by atoms with Crippen molar-refractivity contribution in [3.63, 3.8) is 0 Å². The summed E-state index contributed by atoms with van der Waals surface area (Å²) in [5.41, 5.74) is 5.04. The molecule has 0 bridgehead atoms. The molecule has 0 saturated carbocycles. The maximum atomic E-state index is 5.95. The monoisotopic (exact) mass is 300 g/mol. The van der Waals surface area contributed by atoms with E-state index in [9.17, 15) is 0 Å². The zero-order chi connectivity index (χ0) is 14.6. The van der Waals surface area contributed by atoms with Gasteiger partial charge in [-0.2, -0.15) is 0 Å². The first kappa shape index (κ1) is 13.0. The Hall–Kier alpha value is -1.68. The Morgan fingerprint density at radius 1 is 1.24 bits per heavy atom. The second-order valence-corrected chi connectivity index (χ2v) is 6.81. The van der Waals surface area contributed by atoms with Crippen LogP contribution in [0, 0.1) is 0 Å². The molecule has 0 radical (unpaired) electrons. The molecule has 0 aromatic carbocycles. The van der Waals surface area contributed by atoms with Crippen molar-refractivity contribution >= 4 is 23.1 Å². The number of halogens is 1. The lowest BCUT2D eigenvalue weighted by Crippen LogP contribution is -2.26. The van der Waals surface area contributed by atoms with Crippen LogP contribution >= 0.6 is 11.6 Å². The summed E-state index contributed by atoms with van der Waals surface area (Å²) in [7, 11) is 0. The number of rotatable bonds is 1. The lowest BCUT2D eigenvalue weighted by atomic mass is 9.91. The number of nitrogens with zero attached hydrogens (tertiary/aromatic N) is 4. The van der Waals surface area contributed by atoms with E-state index >= 15 is 0 Å².